The first-order valence-electron chi connectivity index (χ1n) is 8.03. The molecule has 0 saturated heterocycles. The van der Waals surface area contributed by atoms with Crippen LogP contribution in [0.3, 0.4) is 0 Å². The predicted octanol–water partition coefficient (Wildman–Crippen LogP) is 3.59. The predicted molar refractivity (Wildman–Crippen MR) is 112 cm³/mol. The van der Waals surface area contributed by atoms with E-state index in [4.69, 9.17) is 16.3 Å². The molecule has 0 saturated carbocycles. The molecule has 1 unspecified atom stereocenters. The minimum atomic E-state index is -3.63. The van der Waals surface area contributed by atoms with Crippen LogP contribution in [0.25, 0.3) is 0 Å². The van der Waals surface area contributed by atoms with Crippen LogP contribution < -0.4 is 10.0 Å². The molecule has 1 heterocycles. The molecule has 6 nitrogen and oxygen atoms in total. The fraction of sp³-hybridized carbons (Fsp3) is 0.353. The van der Waals surface area contributed by atoms with Gasteiger partial charge in [0.15, 0.2) is 0 Å². The molecule has 10 heteroatoms. The number of hydrogen-bond donors (Lipinski definition) is 2. The minimum Gasteiger partial charge on any atom is -0.383 e. The van der Waals surface area contributed by atoms with Crippen LogP contribution in [0.4, 0.5) is 5.69 Å². The molecule has 148 valence electrons. The van der Waals surface area contributed by atoms with Crippen LogP contribution in [0.5, 0.6) is 0 Å². The van der Waals surface area contributed by atoms with Crippen molar-refractivity contribution < 1.29 is 17.9 Å². The summed E-state index contributed by atoms with van der Waals surface area (Å²) in [6.45, 7) is 2.00. The van der Waals surface area contributed by atoms with Crippen LogP contribution >= 0.6 is 34.7 Å². The second kappa shape index (κ2) is 10.4. The number of amides is 1. The van der Waals surface area contributed by atoms with Crippen molar-refractivity contribution in [2.45, 2.75) is 23.6 Å². The van der Waals surface area contributed by atoms with Crippen molar-refractivity contribution in [1.82, 2.24) is 4.72 Å². The highest BCUT2D eigenvalue weighted by Crippen LogP contribution is 2.25. The summed E-state index contributed by atoms with van der Waals surface area (Å²) >= 11 is 8.86. The molecule has 0 spiro atoms. The average Bonchev–Trinajstić information content (AvgIpc) is 3.00. The van der Waals surface area contributed by atoms with Crippen LogP contribution in [0.1, 0.15) is 11.8 Å². The summed E-state index contributed by atoms with van der Waals surface area (Å²) in [5, 5.41) is 2.76. The van der Waals surface area contributed by atoms with Crippen LogP contribution in [0, 0.1) is 0 Å². The van der Waals surface area contributed by atoms with E-state index < -0.39 is 10.0 Å². The molecular weight excluding hydrogens is 428 g/mol. The standard InChI is InChI=1S/C17H21ClN2O4S3/c1-12(9-24-2)20-27(22,23)15-6-3-13(4-7-15)19-17(21)11-25-10-14-5-8-16(18)26-14/h3-8,12,20H,9-11H2,1-2H3,(H,19,21). The number of halogens is 1. The van der Waals surface area contributed by atoms with Crippen molar-refractivity contribution in [3.63, 3.8) is 0 Å². The normalized spacial score (nSPS) is 12.7. The molecule has 2 N–H and O–H groups in total. The lowest BCUT2D eigenvalue weighted by Gasteiger charge is -2.13. The molecule has 2 rings (SSSR count). The summed E-state index contributed by atoms with van der Waals surface area (Å²) in [4.78, 5) is 13.3. The molecule has 0 aliphatic heterocycles. The number of thioether (sulfide) groups is 1. The van der Waals surface area contributed by atoms with Gasteiger partial charge in [-0.1, -0.05) is 11.6 Å². The molecule has 1 aromatic carbocycles. The first-order chi connectivity index (χ1) is 12.8. The zero-order valence-electron chi connectivity index (χ0n) is 14.9. The summed E-state index contributed by atoms with van der Waals surface area (Å²) < 4.78 is 32.7. The Bertz CT molecular complexity index is 853. The Hall–Kier alpha value is -1.10. The smallest absolute Gasteiger partial charge is 0.240 e. The van der Waals surface area contributed by atoms with Crippen LogP contribution in [-0.4, -0.2) is 39.8 Å². The number of anilines is 1. The third-order valence-corrected chi connectivity index (χ3v) is 7.33. The lowest BCUT2D eigenvalue weighted by atomic mass is 10.3. The van der Waals surface area contributed by atoms with Gasteiger partial charge >= 0.3 is 0 Å². The monoisotopic (exact) mass is 448 g/mol. The Morgan fingerprint density at radius 2 is 1.96 bits per heavy atom. The maximum atomic E-state index is 12.3. The van der Waals surface area contributed by atoms with E-state index in [1.807, 2.05) is 12.1 Å². The molecule has 2 aromatic rings. The summed E-state index contributed by atoms with van der Waals surface area (Å²) in [6, 6.07) is 9.49. The summed E-state index contributed by atoms with van der Waals surface area (Å²) in [6.07, 6.45) is 0. The number of carbonyl (C=O) groups is 1. The Labute approximate surface area is 172 Å². The number of benzene rings is 1. The fourth-order valence-electron chi connectivity index (χ4n) is 2.21. The van der Waals surface area contributed by atoms with Gasteiger partial charge in [0.05, 0.1) is 21.6 Å². The first-order valence-corrected chi connectivity index (χ1v) is 11.9. The van der Waals surface area contributed by atoms with E-state index in [0.29, 0.717) is 17.2 Å². The lowest BCUT2D eigenvalue weighted by molar-refractivity contribution is -0.113. The summed E-state index contributed by atoms with van der Waals surface area (Å²) in [7, 11) is -2.12. The van der Waals surface area contributed by atoms with E-state index in [0.717, 1.165) is 9.21 Å². The maximum absolute atomic E-state index is 12.3. The van der Waals surface area contributed by atoms with Crippen molar-refractivity contribution in [1.29, 1.82) is 0 Å². The van der Waals surface area contributed by atoms with Gasteiger partial charge < -0.3 is 10.1 Å². The Morgan fingerprint density at radius 1 is 1.26 bits per heavy atom. The van der Waals surface area contributed by atoms with Crippen LogP contribution in [0.2, 0.25) is 4.34 Å². The van der Waals surface area contributed by atoms with E-state index >= 15 is 0 Å². The number of thiophene rings is 1. The quantitative estimate of drug-likeness (QED) is 0.580. The summed E-state index contributed by atoms with van der Waals surface area (Å²) in [5.41, 5.74) is 0.545. The van der Waals surface area contributed by atoms with E-state index in [1.165, 1.54) is 42.3 Å². The van der Waals surface area contributed by atoms with Gasteiger partial charge in [0.1, 0.15) is 0 Å². The molecule has 1 atom stereocenters. The number of sulfonamides is 1. The zero-order valence-corrected chi connectivity index (χ0v) is 18.1. The van der Waals surface area contributed by atoms with E-state index in [-0.39, 0.29) is 23.5 Å². The van der Waals surface area contributed by atoms with Gasteiger partial charge in [0.2, 0.25) is 15.9 Å². The fourth-order valence-corrected chi connectivity index (χ4v) is 5.46. The number of nitrogens with one attached hydrogen (secondary N) is 2. The van der Waals surface area contributed by atoms with E-state index in [1.54, 1.807) is 19.1 Å². The lowest BCUT2D eigenvalue weighted by Crippen LogP contribution is -2.35. The third-order valence-electron chi connectivity index (χ3n) is 3.33. The first kappa shape index (κ1) is 22.2. The Kier molecular flexibility index (Phi) is 8.59. The van der Waals surface area contributed by atoms with Crippen molar-refractivity contribution in [3.8, 4) is 0 Å². The highest BCUT2D eigenvalue weighted by Gasteiger charge is 2.17. The number of rotatable bonds is 10. The minimum absolute atomic E-state index is 0.132. The molecule has 0 radical (unpaired) electrons. The second-order valence-corrected chi connectivity index (χ2v) is 10.2. The molecule has 27 heavy (non-hydrogen) atoms. The highest BCUT2D eigenvalue weighted by molar-refractivity contribution is 7.99. The van der Waals surface area contributed by atoms with Crippen LogP contribution in [0.15, 0.2) is 41.3 Å². The van der Waals surface area contributed by atoms with E-state index in [9.17, 15) is 13.2 Å². The molecule has 1 aromatic heterocycles. The number of carbonyl (C=O) groups excluding carboxylic acids is 1. The van der Waals surface area contributed by atoms with Gasteiger partial charge in [0, 0.05) is 29.5 Å². The van der Waals surface area contributed by atoms with Crippen molar-refractivity contribution >= 4 is 56.3 Å². The van der Waals surface area contributed by atoms with Crippen molar-refractivity contribution in [3.05, 3.63) is 45.6 Å². The number of ether oxygens (including phenoxy) is 1. The molecule has 0 aliphatic carbocycles. The Balaban J connectivity index is 1.84. The zero-order chi connectivity index (χ0) is 19.9. The van der Waals surface area contributed by atoms with Gasteiger partial charge in [-0.05, 0) is 43.3 Å². The SMILES string of the molecule is COCC(C)NS(=O)(=O)c1ccc(NC(=O)CSCc2ccc(Cl)s2)cc1. The molecule has 1 amide bonds. The molecule has 0 bridgehead atoms. The Morgan fingerprint density at radius 3 is 2.56 bits per heavy atom. The van der Waals surface area contributed by atoms with Crippen molar-refractivity contribution in [2.75, 3.05) is 24.8 Å². The van der Waals surface area contributed by atoms with Gasteiger partial charge in [-0.2, -0.15) is 0 Å². The molecular formula is C17H21ClN2O4S3. The largest absolute Gasteiger partial charge is 0.383 e. The van der Waals surface area contributed by atoms with Crippen LogP contribution in [-0.2, 0) is 25.3 Å². The number of hydrogen-bond acceptors (Lipinski definition) is 6. The summed E-state index contributed by atoms with van der Waals surface area (Å²) in [5.74, 6) is 0.865. The molecule has 0 aliphatic rings. The van der Waals surface area contributed by atoms with Gasteiger partial charge in [-0.15, -0.1) is 23.1 Å². The van der Waals surface area contributed by atoms with Crippen molar-refractivity contribution in [2.24, 2.45) is 0 Å². The number of methoxy groups -OCH3 is 1. The topological polar surface area (TPSA) is 84.5 Å². The van der Waals surface area contributed by atoms with E-state index in [2.05, 4.69) is 10.0 Å². The second-order valence-electron chi connectivity index (χ2n) is 5.75. The van der Waals surface area contributed by atoms with Gasteiger partial charge in [0.25, 0.3) is 0 Å². The van der Waals surface area contributed by atoms with Gasteiger partial charge in [-0.25, -0.2) is 13.1 Å². The van der Waals surface area contributed by atoms with Gasteiger partial charge in [-0.3, -0.25) is 4.79 Å². The third kappa shape index (κ3) is 7.44. The maximum Gasteiger partial charge on any atom is 0.240 e. The average molecular weight is 449 g/mol. The molecule has 0 fully saturated rings. The highest BCUT2D eigenvalue weighted by atomic mass is 35.5.